The zero-order chi connectivity index (χ0) is 15.0. The molecular weight excluding hydrogens is 272 g/mol. The Morgan fingerprint density at radius 3 is 2.10 bits per heavy atom. The minimum Gasteiger partial charge on any atom is -0.129 e. The van der Waals surface area contributed by atoms with E-state index in [2.05, 4.69) is 81.6 Å². The van der Waals surface area contributed by atoms with E-state index in [1.807, 2.05) is 11.8 Å². The summed E-state index contributed by atoms with van der Waals surface area (Å²) in [5, 5.41) is 0. The summed E-state index contributed by atoms with van der Waals surface area (Å²) in [6.07, 6.45) is 2.19. The average molecular weight is 294 g/mol. The van der Waals surface area contributed by atoms with Crippen LogP contribution in [0.5, 0.6) is 0 Å². The number of fused-ring (bicyclic) bond motifs is 1. The van der Waals surface area contributed by atoms with Crippen molar-refractivity contribution in [3.8, 4) is 0 Å². The van der Waals surface area contributed by atoms with E-state index in [-0.39, 0.29) is 5.41 Å². The van der Waals surface area contributed by atoms with Crippen LogP contribution in [0.1, 0.15) is 43.4 Å². The zero-order valence-electron chi connectivity index (χ0n) is 13.2. The Balaban J connectivity index is 2.28. The first-order chi connectivity index (χ1) is 10.0. The summed E-state index contributed by atoms with van der Waals surface area (Å²) < 4.78 is 0. The molecule has 0 amide bonds. The predicted octanol–water partition coefficient (Wildman–Crippen LogP) is 6.06. The molecular formula is C20H22S. The molecule has 0 aliphatic heterocycles. The Hall–Kier alpha value is -1.47. The molecule has 1 aliphatic rings. The van der Waals surface area contributed by atoms with Crippen LogP contribution in [0, 0.1) is 5.41 Å². The van der Waals surface area contributed by atoms with E-state index < -0.39 is 0 Å². The number of thioether (sulfide) groups is 1. The standard InChI is InChI=1S/C20H22S/c1-20(2,3)18-15-12-8-9-13-16(15)19(21-4)17(18)14-10-6-5-7-11-14/h5-13,18H,1-4H3. The number of allylic oxidation sites excluding steroid dienone is 1. The molecule has 1 unspecified atom stereocenters. The number of rotatable bonds is 2. The van der Waals surface area contributed by atoms with Gasteiger partial charge in [0.15, 0.2) is 0 Å². The molecule has 108 valence electrons. The highest BCUT2D eigenvalue weighted by atomic mass is 32.2. The lowest BCUT2D eigenvalue weighted by Gasteiger charge is -2.31. The fraction of sp³-hybridized carbons (Fsp3) is 0.300. The summed E-state index contributed by atoms with van der Waals surface area (Å²) in [7, 11) is 0. The molecule has 0 saturated heterocycles. The normalized spacial score (nSPS) is 18.0. The lowest BCUT2D eigenvalue weighted by atomic mass is 9.73. The fourth-order valence-electron chi connectivity index (χ4n) is 3.42. The summed E-state index contributed by atoms with van der Waals surface area (Å²) >= 11 is 1.88. The van der Waals surface area contributed by atoms with E-state index in [1.54, 1.807) is 0 Å². The Kier molecular flexibility index (Phi) is 3.71. The van der Waals surface area contributed by atoms with Crippen LogP contribution in [-0.4, -0.2) is 6.26 Å². The van der Waals surface area contributed by atoms with Crippen molar-refractivity contribution >= 4 is 22.2 Å². The summed E-state index contributed by atoms with van der Waals surface area (Å²) in [5.74, 6) is 0.457. The second-order valence-electron chi connectivity index (χ2n) is 6.70. The van der Waals surface area contributed by atoms with Gasteiger partial charge in [-0.15, -0.1) is 11.8 Å². The molecule has 2 aromatic carbocycles. The van der Waals surface area contributed by atoms with Gasteiger partial charge in [-0.25, -0.2) is 0 Å². The Morgan fingerprint density at radius 1 is 0.857 bits per heavy atom. The molecule has 21 heavy (non-hydrogen) atoms. The smallest absolute Gasteiger partial charge is 0.0189 e. The molecule has 1 heteroatoms. The number of hydrogen-bond acceptors (Lipinski definition) is 1. The van der Waals surface area contributed by atoms with Crippen LogP contribution in [-0.2, 0) is 0 Å². The largest absolute Gasteiger partial charge is 0.129 e. The SMILES string of the molecule is CSC1=C(c2ccccc2)C(C(C)(C)C)c2ccccc21. The van der Waals surface area contributed by atoms with E-state index in [4.69, 9.17) is 0 Å². The summed E-state index contributed by atoms with van der Waals surface area (Å²) in [6.45, 7) is 7.04. The van der Waals surface area contributed by atoms with Crippen molar-refractivity contribution in [1.29, 1.82) is 0 Å². The summed E-state index contributed by atoms with van der Waals surface area (Å²) in [5.41, 5.74) is 5.96. The van der Waals surface area contributed by atoms with Crippen LogP contribution in [0.25, 0.3) is 10.5 Å². The molecule has 0 aromatic heterocycles. The highest BCUT2D eigenvalue weighted by Gasteiger charge is 2.38. The molecule has 1 atom stereocenters. The molecule has 0 fully saturated rings. The van der Waals surface area contributed by atoms with Gasteiger partial charge in [-0.05, 0) is 33.9 Å². The molecule has 0 bridgehead atoms. The molecule has 3 rings (SSSR count). The topological polar surface area (TPSA) is 0 Å². The maximum absolute atomic E-state index is 2.35. The third kappa shape index (κ3) is 2.44. The zero-order valence-corrected chi connectivity index (χ0v) is 14.0. The van der Waals surface area contributed by atoms with Crippen molar-refractivity contribution in [3.63, 3.8) is 0 Å². The van der Waals surface area contributed by atoms with Gasteiger partial charge in [-0.3, -0.25) is 0 Å². The minimum absolute atomic E-state index is 0.207. The molecule has 0 saturated carbocycles. The van der Waals surface area contributed by atoms with Gasteiger partial charge in [0.25, 0.3) is 0 Å². The van der Waals surface area contributed by atoms with Crippen molar-refractivity contribution in [3.05, 3.63) is 71.3 Å². The predicted molar refractivity (Wildman–Crippen MR) is 95.4 cm³/mol. The molecule has 0 nitrogen and oxygen atoms in total. The first-order valence-electron chi connectivity index (χ1n) is 7.47. The van der Waals surface area contributed by atoms with E-state index in [1.165, 1.54) is 27.2 Å². The maximum atomic E-state index is 2.35. The quantitative estimate of drug-likeness (QED) is 0.648. The Labute approximate surface area is 132 Å². The minimum atomic E-state index is 0.207. The van der Waals surface area contributed by atoms with Crippen molar-refractivity contribution in [2.75, 3.05) is 6.26 Å². The third-order valence-electron chi connectivity index (χ3n) is 4.20. The van der Waals surface area contributed by atoms with Crippen molar-refractivity contribution in [1.82, 2.24) is 0 Å². The van der Waals surface area contributed by atoms with Crippen molar-refractivity contribution < 1.29 is 0 Å². The summed E-state index contributed by atoms with van der Waals surface area (Å²) in [6, 6.07) is 19.8. The van der Waals surface area contributed by atoms with Crippen LogP contribution < -0.4 is 0 Å². The molecule has 2 aromatic rings. The molecule has 0 spiro atoms. The van der Waals surface area contributed by atoms with Gasteiger partial charge in [-0.2, -0.15) is 0 Å². The van der Waals surface area contributed by atoms with Gasteiger partial charge in [0.1, 0.15) is 0 Å². The average Bonchev–Trinajstić information content (AvgIpc) is 2.82. The van der Waals surface area contributed by atoms with Crippen LogP contribution in [0.4, 0.5) is 0 Å². The van der Waals surface area contributed by atoms with E-state index in [0.717, 1.165) is 0 Å². The van der Waals surface area contributed by atoms with Gasteiger partial charge < -0.3 is 0 Å². The first-order valence-corrected chi connectivity index (χ1v) is 8.69. The Morgan fingerprint density at radius 2 is 1.48 bits per heavy atom. The lowest BCUT2D eigenvalue weighted by molar-refractivity contribution is 0.377. The fourth-order valence-corrected chi connectivity index (χ4v) is 4.28. The highest BCUT2D eigenvalue weighted by Crippen LogP contribution is 2.56. The summed E-state index contributed by atoms with van der Waals surface area (Å²) in [4.78, 5) is 1.44. The van der Waals surface area contributed by atoms with E-state index in [9.17, 15) is 0 Å². The second kappa shape index (κ2) is 5.38. The molecule has 0 heterocycles. The number of hydrogen-bond donors (Lipinski definition) is 0. The number of benzene rings is 2. The molecule has 0 radical (unpaired) electrons. The van der Waals surface area contributed by atoms with Crippen LogP contribution in [0.3, 0.4) is 0 Å². The molecule has 1 aliphatic carbocycles. The maximum Gasteiger partial charge on any atom is 0.0189 e. The van der Waals surface area contributed by atoms with Crippen LogP contribution in [0.2, 0.25) is 0 Å². The van der Waals surface area contributed by atoms with E-state index in [0.29, 0.717) is 5.92 Å². The van der Waals surface area contributed by atoms with Gasteiger partial charge >= 0.3 is 0 Å². The van der Waals surface area contributed by atoms with Gasteiger partial charge in [-0.1, -0.05) is 75.4 Å². The second-order valence-corrected chi connectivity index (χ2v) is 7.52. The lowest BCUT2D eigenvalue weighted by Crippen LogP contribution is -2.18. The van der Waals surface area contributed by atoms with Gasteiger partial charge in [0.05, 0.1) is 0 Å². The first kappa shape index (κ1) is 14.5. The molecule has 0 N–H and O–H groups in total. The van der Waals surface area contributed by atoms with Crippen molar-refractivity contribution in [2.24, 2.45) is 5.41 Å². The third-order valence-corrected chi connectivity index (χ3v) is 5.05. The van der Waals surface area contributed by atoms with Crippen LogP contribution >= 0.6 is 11.8 Å². The monoisotopic (exact) mass is 294 g/mol. The van der Waals surface area contributed by atoms with Gasteiger partial charge in [0, 0.05) is 10.8 Å². The van der Waals surface area contributed by atoms with Crippen LogP contribution in [0.15, 0.2) is 54.6 Å². The van der Waals surface area contributed by atoms with Gasteiger partial charge in [0.2, 0.25) is 0 Å². The Bertz CT molecular complexity index is 674. The van der Waals surface area contributed by atoms with Crippen molar-refractivity contribution in [2.45, 2.75) is 26.7 Å². The highest BCUT2D eigenvalue weighted by molar-refractivity contribution is 8.08. The van der Waals surface area contributed by atoms with E-state index >= 15 is 0 Å².